The van der Waals surface area contributed by atoms with E-state index in [1.54, 1.807) is 30.5 Å². The molecular weight excluding hydrogens is 314 g/mol. The molecule has 0 atom stereocenters. The second-order valence-electron chi connectivity index (χ2n) is 5.54. The Balaban J connectivity index is 1.83. The zero-order valence-electron chi connectivity index (χ0n) is 13.8. The summed E-state index contributed by atoms with van der Waals surface area (Å²) in [5, 5.41) is 0. The summed E-state index contributed by atoms with van der Waals surface area (Å²) in [5.74, 6) is -0.431. The highest BCUT2D eigenvalue weighted by molar-refractivity contribution is 5.99. The molecule has 0 amide bonds. The van der Waals surface area contributed by atoms with Gasteiger partial charge in [0.25, 0.3) is 0 Å². The van der Waals surface area contributed by atoms with Crippen LogP contribution in [0.4, 0.5) is 0 Å². The Bertz CT molecular complexity index is 887. The first kappa shape index (κ1) is 16.6. The smallest absolute Gasteiger partial charge is 0.337 e. The van der Waals surface area contributed by atoms with Gasteiger partial charge in [-0.05, 0) is 29.8 Å². The fourth-order valence-electron chi connectivity index (χ4n) is 2.63. The fourth-order valence-corrected chi connectivity index (χ4v) is 2.63. The predicted octanol–water partition coefficient (Wildman–Crippen LogP) is 3.96. The Hall–Kier alpha value is -3.27. The van der Waals surface area contributed by atoms with Gasteiger partial charge in [0.15, 0.2) is 5.78 Å². The largest absolute Gasteiger partial charge is 0.465 e. The lowest BCUT2D eigenvalue weighted by atomic mass is 9.96. The van der Waals surface area contributed by atoms with E-state index < -0.39 is 5.97 Å². The molecule has 0 fully saturated rings. The molecule has 4 nitrogen and oxygen atoms in total. The quantitative estimate of drug-likeness (QED) is 0.524. The number of ketones is 1. The van der Waals surface area contributed by atoms with E-state index in [2.05, 4.69) is 9.72 Å². The highest BCUT2D eigenvalue weighted by atomic mass is 16.5. The Morgan fingerprint density at radius 1 is 0.880 bits per heavy atom. The minimum absolute atomic E-state index is 0.0141. The average molecular weight is 331 g/mol. The van der Waals surface area contributed by atoms with Crippen LogP contribution in [0.25, 0.3) is 11.3 Å². The van der Waals surface area contributed by atoms with Gasteiger partial charge < -0.3 is 4.74 Å². The Morgan fingerprint density at radius 2 is 1.56 bits per heavy atom. The van der Waals surface area contributed by atoms with Crippen molar-refractivity contribution < 1.29 is 14.3 Å². The van der Waals surface area contributed by atoms with Crippen LogP contribution >= 0.6 is 0 Å². The molecule has 0 bridgehead atoms. The summed E-state index contributed by atoms with van der Waals surface area (Å²) in [6.07, 6.45) is 2.00. The lowest BCUT2D eigenvalue weighted by Crippen LogP contribution is -2.06. The lowest BCUT2D eigenvalue weighted by molar-refractivity contribution is 0.0600. The maximum atomic E-state index is 12.6. The number of rotatable bonds is 5. The molecule has 3 rings (SSSR count). The van der Waals surface area contributed by atoms with Gasteiger partial charge in [0, 0.05) is 23.7 Å². The zero-order chi connectivity index (χ0) is 17.6. The summed E-state index contributed by atoms with van der Waals surface area (Å²) in [6, 6.07) is 20.0. The van der Waals surface area contributed by atoms with E-state index in [1.807, 2.05) is 42.5 Å². The summed E-state index contributed by atoms with van der Waals surface area (Å²) in [4.78, 5) is 28.5. The molecule has 0 saturated heterocycles. The topological polar surface area (TPSA) is 56.3 Å². The van der Waals surface area contributed by atoms with Crippen LogP contribution in [-0.2, 0) is 11.2 Å². The van der Waals surface area contributed by atoms with E-state index in [9.17, 15) is 9.59 Å². The molecule has 0 unspecified atom stereocenters. The standard InChI is InChI=1S/C21H17NO3/c1-25-21(24)16-11-9-15(10-12-16)20(23)14-17-6-2-3-7-18(17)19-8-4-5-13-22-19/h2-13H,14H2,1H3. The predicted molar refractivity (Wildman–Crippen MR) is 95.5 cm³/mol. The second kappa shape index (κ2) is 7.53. The highest BCUT2D eigenvalue weighted by Gasteiger charge is 2.13. The molecule has 0 saturated carbocycles. The number of pyridine rings is 1. The van der Waals surface area contributed by atoms with Crippen molar-refractivity contribution in [2.75, 3.05) is 7.11 Å². The number of nitrogens with zero attached hydrogens (tertiary/aromatic N) is 1. The van der Waals surface area contributed by atoms with Crippen molar-refractivity contribution in [2.45, 2.75) is 6.42 Å². The average Bonchev–Trinajstić information content (AvgIpc) is 2.68. The number of methoxy groups -OCH3 is 1. The first-order valence-electron chi connectivity index (χ1n) is 7.90. The number of esters is 1. The van der Waals surface area contributed by atoms with Crippen molar-refractivity contribution in [3.63, 3.8) is 0 Å². The highest BCUT2D eigenvalue weighted by Crippen LogP contribution is 2.23. The van der Waals surface area contributed by atoms with Crippen molar-refractivity contribution >= 4 is 11.8 Å². The first-order valence-corrected chi connectivity index (χ1v) is 7.90. The van der Waals surface area contributed by atoms with E-state index in [0.29, 0.717) is 11.1 Å². The van der Waals surface area contributed by atoms with Crippen molar-refractivity contribution in [1.82, 2.24) is 4.98 Å². The van der Waals surface area contributed by atoms with Crippen LogP contribution in [0.2, 0.25) is 0 Å². The molecule has 3 aromatic rings. The fraction of sp³-hybridized carbons (Fsp3) is 0.0952. The molecule has 0 aliphatic heterocycles. The lowest BCUT2D eigenvalue weighted by Gasteiger charge is -2.09. The number of benzene rings is 2. The minimum Gasteiger partial charge on any atom is -0.465 e. The van der Waals surface area contributed by atoms with Crippen molar-refractivity contribution in [1.29, 1.82) is 0 Å². The summed E-state index contributed by atoms with van der Waals surface area (Å²) in [5.41, 5.74) is 3.69. The number of Topliss-reactive ketones (excluding diaryl/α,β-unsaturated/α-hetero) is 1. The molecule has 0 radical (unpaired) electrons. The number of aromatic nitrogens is 1. The van der Waals surface area contributed by atoms with E-state index in [0.717, 1.165) is 16.8 Å². The maximum Gasteiger partial charge on any atom is 0.337 e. The molecule has 0 aliphatic rings. The van der Waals surface area contributed by atoms with E-state index in [-0.39, 0.29) is 12.2 Å². The van der Waals surface area contributed by atoms with Gasteiger partial charge in [-0.3, -0.25) is 9.78 Å². The van der Waals surface area contributed by atoms with Gasteiger partial charge >= 0.3 is 5.97 Å². The zero-order valence-corrected chi connectivity index (χ0v) is 13.8. The molecule has 2 aromatic carbocycles. The second-order valence-corrected chi connectivity index (χ2v) is 5.54. The van der Waals surface area contributed by atoms with Crippen LogP contribution in [0.15, 0.2) is 72.9 Å². The summed E-state index contributed by atoms with van der Waals surface area (Å²) in [7, 11) is 1.33. The van der Waals surface area contributed by atoms with Gasteiger partial charge in [-0.15, -0.1) is 0 Å². The third kappa shape index (κ3) is 3.80. The molecule has 1 heterocycles. The summed E-state index contributed by atoms with van der Waals surface area (Å²) >= 11 is 0. The van der Waals surface area contributed by atoms with Gasteiger partial charge in [0.2, 0.25) is 0 Å². The van der Waals surface area contributed by atoms with Crippen LogP contribution in [-0.4, -0.2) is 23.8 Å². The third-order valence-corrected chi connectivity index (χ3v) is 3.94. The third-order valence-electron chi connectivity index (χ3n) is 3.94. The summed E-state index contributed by atoms with van der Waals surface area (Å²) < 4.78 is 4.67. The molecule has 124 valence electrons. The van der Waals surface area contributed by atoms with Gasteiger partial charge in [0.05, 0.1) is 18.4 Å². The molecule has 0 N–H and O–H groups in total. The molecule has 0 spiro atoms. The molecular formula is C21H17NO3. The van der Waals surface area contributed by atoms with Crippen molar-refractivity contribution in [3.8, 4) is 11.3 Å². The molecule has 25 heavy (non-hydrogen) atoms. The van der Waals surface area contributed by atoms with Crippen LogP contribution in [0.5, 0.6) is 0 Å². The van der Waals surface area contributed by atoms with Gasteiger partial charge in [-0.25, -0.2) is 4.79 Å². The van der Waals surface area contributed by atoms with Crippen molar-refractivity contribution in [2.24, 2.45) is 0 Å². The number of ether oxygens (including phenoxy) is 1. The van der Waals surface area contributed by atoms with Crippen LogP contribution in [0, 0.1) is 0 Å². The van der Waals surface area contributed by atoms with Gasteiger partial charge in [0.1, 0.15) is 0 Å². The van der Waals surface area contributed by atoms with E-state index in [4.69, 9.17) is 0 Å². The Morgan fingerprint density at radius 3 is 2.24 bits per heavy atom. The Labute approximate surface area is 146 Å². The monoisotopic (exact) mass is 331 g/mol. The first-order chi connectivity index (χ1) is 12.2. The Kier molecular flexibility index (Phi) is 5.00. The number of hydrogen-bond donors (Lipinski definition) is 0. The normalized spacial score (nSPS) is 10.3. The minimum atomic E-state index is -0.417. The SMILES string of the molecule is COC(=O)c1ccc(C(=O)Cc2ccccc2-c2ccccn2)cc1. The van der Waals surface area contributed by atoms with E-state index in [1.165, 1.54) is 7.11 Å². The van der Waals surface area contributed by atoms with Crippen LogP contribution < -0.4 is 0 Å². The van der Waals surface area contributed by atoms with Gasteiger partial charge in [-0.2, -0.15) is 0 Å². The summed E-state index contributed by atoms with van der Waals surface area (Å²) in [6.45, 7) is 0. The van der Waals surface area contributed by atoms with E-state index >= 15 is 0 Å². The molecule has 4 heteroatoms. The molecule has 1 aromatic heterocycles. The van der Waals surface area contributed by atoms with Crippen molar-refractivity contribution in [3.05, 3.63) is 89.6 Å². The molecule has 0 aliphatic carbocycles. The van der Waals surface area contributed by atoms with Crippen LogP contribution in [0.3, 0.4) is 0 Å². The van der Waals surface area contributed by atoms with Gasteiger partial charge in [-0.1, -0.05) is 42.5 Å². The number of hydrogen-bond acceptors (Lipinski definition) is 4. The number of carbonyl (C=O) groups excluding carboxylic acids is 2. The number of carbonyl (C=O) groups is 2. The van der Waals surface area contributed by atoms with Crippen LogP contribution in [0.1, 0.15) is 26.3 Å². The maximum absolute atomic E-state index is 12.6.